The molecular weight excluding hydrogens is 344 g/mol. The van der Waals surface area contributed by atoms with Crippen molar-refractivity contribution in [3.05, 3.63) is 66.0 Å². The maximum absolute atomic E-state index is 12.4. The molecule has 6 N–H and O–H groups in total. The van der Waals surface area contributed by atoms with Gasteiger partial charge in [0, 0.05) is 18.2 Å². The first-order valence-corrected chi connectivity index (χ1v) is 8.20. The van der Waals surface area contributed by atoms with Crippen molar-refractivity contribution >= 4 is 28.9 Å². The minimum Gasteiger partial charge on any atom is -0.497 e. The number of ether oxygens (including phenoxy) is 1. The summed E-state index contributed by atoms with van der Waals surface area (Å²) in [5, 5.41) is 5.91. The number of hydrogen-bond acceptors (Lipinski definition) is 7. The molecule has 0 aliphatic heterocycles. The third-order valence-corrected chi connectivity index (χ3v) is 3.88. The molecule has 0 unspecified atom stereocenters. The van der Waals surface area contributed by atoms with Crippen LogP contribution in [0.2, 0.25) is 0 Å². The first-order chi connectivity index (χ1) is 13.0. The zero-order chi connectivity index (χ0) is 19.2. The van der Waals surface area contributed by atoms with Crippen LogP contribution in [-0.2, 0) is 6.54 Å². The van der Waals surface area contributed by atoms with Gasteiger partial charge in [-0.1, -0.05) is 12.1 Å². The SMILES string of the molecule is COc1ccc(CNC(=O)c2ccc(Nc3cc(N)ncn3)c(N)c2)cc1. The van der Waals surface area contributed by atoms with Gasteiger partial charge in [0.1, 0.15) is 23.7 Å². The number of carbonyl (C=O) groups excluding carboxylic acids is 1. The van der Waals surface area contributed by atoms with E-state index in [9.17, 15) is 4.79 Å². The highest BCUT2D eigenvalue weighted by Gasteiger charge is 2.09. The van der Waals surface area contributed by atoms with Crippen LogP contribution < -0.4 is 26.8 Å². The molecule has 0 spiro atoms. The topological polar surface area (TPSA) is 128 Å². The molecule has 0 saturated carbocycles. The molecule has 3 rings (SSSR count). The summed E-state index contributed by atoms with van der Waals surface area (Å²) in [5.41, 5.74) is 14.2. The number of nitrogens with two attached hydrogens (primary N) is 2. The zero-order valence-electron chi connectivity index (χ0n) is 14.8. The van der Waals surface area contributed by atoms with Gasteiger partial charge in [-0.05, 0) is 35.9 Å². The lowest BCUT2D eigenvalue weighted by molar-refractivity contribution is 0.0951. The van der Waals surface area contributed by atoms with Gasteiger partial charge in [-0.15, -0.1) is 0 Å². The van der Waals surface area contributed by atoms with Gasteiger partial charge < -0.3 is 26.8 Å². The van der Waals surface area contributed by atoms with Gasteiger partial charge in [0.05, 0.1) is 18.5 Å². The smallest absolute Gasteiger partial charge is 0.251 e. The number of nitrogen functional groups attached to an aromatic ring is 2. The molecule has 0 atom stereocenters. The molecular formula is C19H20N6O2. The number of methoxy groups -OCH3 is 1. The van der Waals surface area contributed by atoms with Gasteiger partial charge in [0.2, 0.25) is 0 Å². The monoisotopic (exact) mass is 364 g/mol. The predicted molar refractivity (Wildman–Crippen MR) is 105 cm³/mol. The molecule has 1 aromatic heterocycles. The lowest BCUT2D eigenvalue weighted by Gasteiger charge is -2.11. The van der Waals surface area contributed by atoms with Crippen molar-refractivity contribution in [1.82, 2.24) is 15.3 Å². The molecule has 0 saturated heterocycles. The fraction of sp³-hybridized carbons (Fsp3) is 0.105. The van der Waals surface area contributed by atoms with Crippen molar-refractivity contribution in [1.29, 1.82) is 0 Å². The highest BCUT2D eigenvalue weighted by molar-refractivity contribution is 5.96. The number of hydrogen-bond donors (Lipinski definition) is 4. The molecule has 1 amide bonds. The Labute approximate surface area is 156 Å². The average molecular weight is 364 g/mol. The van der Waals surface area contributed by atoms with E-state index in [1.165, 1.54) is 6.33 Å². The highest BCUT2D eigenvalue weighted by atomic mass is 16.5. The summed E-state index contributed by atoms with van der Waals surface area (Å²) in [6, 6.07) is 14.1. The van der Waals surface area contributed by atoms with Crippen LogP contribution in [-0.4, -0.2) is 23.0 Å². The molecule has 138 valence electrons. The van der Waals surface area contributed by atoms with E-state index >= 15 is 0 Å². The van der Waals surface area contributed by atoms with E-state index in [1.807, 2.05) is 24.3 Å². The Balaban J connectivity index is 1.64. The predicted octanol–water partition coefficient (Wildman–Crippen LogP) is 2.32. The van der Waals surface area contributed by atoms with Crippen LogP contribution >= 0.6 is 0 Å². The Morgan fingerprint density at radius 1 is 1.07 bits per heavy atom. The normalized spacial score (nSPS) is 10.3. The quantitative estimate of drug-likeness (QED) is 0.494. The van der Waals surface area contributed by atoms with Gasteiger partial charge in [-0.25, -0.2) is 9.97 Å². The molecule has 0 fully saturated rings. The summed E-state index contributed by atoms with van der Waals surface area (Å²) in [6.45, 7) is 0.406. The lowest BCUT2D eigenvalue weighted by atomic mass is 10.1. The van der Waals surface area contributed by atoms with Crippen LogP contribution in [0.4, 0.5) is 23.0 Å². The summed E-state index contributed by atoms with van der Waals surface area (Å²) in [6.07, 6.45) is 1.36. The Morgan fingerprint density at radius 2 is 1.85 bits per heavy atom. The summed E-state index contributed by atoms with van der Waals surface area (Å²) in [5.74, 6) is 1.42. The number of amides is 1. The average Bonchev–Trinajstić information content (AvgIpc) is 2.68. The number of nitrogens with zero attached hydrogens (tertiary/aromatic N) is 2. The molecule has 0 aliphatic rings. The second kappa shape index (κ2) is 8.05. The van der Waals surface area contributed by atoms with Crippen molar-refractivity contribution in [2.75, 3.05) is 23.9 Å². The first kappa shape index (κ1) is 18.0. The highest BCUT2D eigenvalue weighted by Crippen LogP contribution is 2.23. The number of anilines is 4. The lowest BCUT2D eigenvalue weighted by Crippen LogP contribution is -2.22. The third-order valence-electron chi connectivity index (χ3n) is 3.88. The van der Waals surface area contributed by atoms with Gasteiger partial charge in [0.25, 0.3) is 5.91 Å². The fourth-order valence-electron chi connectivity index (χ4n) is 2.42. The number of benzene rings is 2. The summed E-state index contributed by atoms with van der Waals surface area (Å²) >= 11 is 0. The molecule has 8 heteroatoms. The Morgan fingerprint density at radius 3 is 2.52 bits per heavy atom. The maximum Gasteiger partial charge on any atom is 0.251 e. The van der Waals surface area contributed by atoms with Crippen molar-refractivity contribution in [3.63, 3.8) is 0 Å². The van der Waals surface area contributed by atoms with Gasteiger partial charge in [0.15, 0.2) is 0 Å². The van der Waals surface area contributed by atoms with Crippen molar-refractivity contribution in [2.24, 2.45) is 0 Å². The Kier molecular flexibility index (Phi) is 5.36. The van der Waals surface area contributed by atoms with Crippen molar-refractivity contribution in [3.8, 4) is 5.75 Å². The van der Waals surface area contributed by atoms with E-state index in [0.29, 0.717) is 35.1 Å². The third kappa shape index (κ3) is 4.63. The minimum absolute atomic E-state index is 0.213. The van der Waals surface area contributed by atoms with Crippen LogP contribution in [0, 0.1) is 0 Å². The van der Waals surface area contributed by atoms with Crippen LogP contribution in [0.3, 0.4) is 0 Å². The molecule has 0 bridgehead atoms. The maximum atomic E-state index is 12.4. The number of nitrogens with one attached hydrogen (secondary N) is 2. The number of aromatic nitrogens is 2. The second-order valence-electron chi connectivity index (χ2n) is 5.79. The second-order valence-corrected chi connectivity index (χ2v) is 5.79. The minimum atomic E-state index is -0.213. The largest absolute Gasteiger partial charge is 0.497 e. The van der Waals surface area contributed by atoms with Crippen LogP contribution in [0.1, 0.15) is 15.9 Å². The Bertz CT molecular complexity index is 943. The molecule has 0 aliphatic carbocycles. The van der Waals surface area contributed by atoms with E-state index in [2.05, 4.69) is 20.6 Å². The molecule has 3 aromatic rings. The Hall–Kier alpha value is -3.81. The molecule has 0 radical (unpaired) electrons. The van der Waals surface area contributed by atoms with E-state index in [0.717, 1.165) is 11.3 Å². The van der Waals surface area contributed by atoms with E-state index in [1.54, 1.807) is 31.4 Å². The van der Waals surface area contributed by atoms with Crippen LogP contribution in [0.15, 0.2) is 54.9 Å². The van der Waals surface area contributed by atoms with E-state index in [-0.39, 0.29) is 5.91 Å². The molecule has 2 aromatic carbocycles. The zero-order valence-corrected chi connectivity index (χ0v) is 14.8. The van der Waals surface area contributed by atoms with E-state index in [4.69, 9.17) is 16.2 Å². The van der Waals surface area contributed by atoms with Gasteiger partial charge in [-0.2, -0.15) is 0 Å². The van der Waals surface area contributed by atoms with Crippen LogP contribution in [0.5, 0.6) is 5.75 Å². The van der Waals surface area contributed by atoms with Gasteiger partial charge >= 0.3 is 0 Å². The first-order valence-electron chi connectivity index (χ1n) is 8.20. The summed E-state index contributed by atoms with van der Waals surface area (Å²) in [7, 11) is 1.61. The summed E-state index contributed by atoms with van der Waals surface area (Å²) in [4.78, 5) is 20.3. The van der Waals surface area contributed by atoms with Gasteiger partial charge in [-0.3, -0.25) is 4.79 Å². The number of carbonyl (C=O) groups is 1. The molecule has 27 heavy (non-hydrogen) atoms. The van der Waals surface area contributed by atoms with E-state index < -0.39 is 0 Å². The molecule has 1 heterocycles. The van der Waals surface area contributed by atoms with Crippen LogP contribution in [0.25, 0.3) is 0 Å². The number of rotatable bonds is 6. The van der Waals surface area contributed by atoms with Crippen molar-refractivity contribution in [2.45, 2.75) is 6.54 Å². The standard InChI is InChI=1S/C19H20N6O2/c1-27-14-5-2-12(3-6-14)10-22-19(26)13-4-7-16(15(20)8-13)25-18-9-17(21)23-11-24-18/h2-9,11H,10,20H2,1H3,(H,22,26)(H3,21,23,24,25). The summed E-state index contributed by atoms with van der Waals surface area (Å²) < 4.78 is 5.12. The molecule has 8 nitrogen and oxygen atoms in total. The fourth-order valence-corrected chi connectivity index (χ4v) is 2.42. The van der Waals surface area contributed by atoms with Crippen molar-refractivity contribution < 1.29 is 9.53 Å².